The minimum atomic E-state index is 0.232. The van der Waals surface area contributed by atoms with E-state index in [-0.39, 0.29) is 5.91 Å². The van der Waals surface area contributed by atoms with E-state index in [1.165, 1.54) is 17.7 Å². The van der Waals surface area contributed by atoms with Gasteiger partial charge < -0.3 is 10.2 Å². The predicted octanol–water partition coefficient (Wildman–Crippen LogP) is 3.16. The quantitative estimate of drug-likeness (QED) is 0.874. The van der Waals surface area contributed by atoms with E-state index in [0.29, 0.717) is 5.92 Å². The van der Waals surface area contributed by atoms with E-state index < -0.39 is 0 Å². The third kappa shape index (κ3) is 4.06. The summed E-state index contributed by atoms with van der Waals surface area (Å²) >= 11 is 1.65. The number of nitrogens with one attached hydrogen (secondary N) is 1. The first-order chi connectivity index (χ1) is 9.74. The number of piperidine rings is 1. The van der Waals surface area contributed by atoms with E-state index >= 15 is 0 Å². The molecule has 0 bridgehead atoms. The Bertz CT molecular complexity index is 424. The molecule has 1 aromatic rings. The predicted molar refractivity (Wildman–Crippen MR) is 85.5 cm³/mol. The van der Waals surface area contributed by atoms with Gasteiger partial charge in [-0.15, -0.1) is 11.3 Å². The van der Waals surface area contributed by atoms with Gasteiger partial charge in [-0.05, 0) is 56.8 Å². The Balaban J connectivity index is 2.00. The molecule has 0 atom stereocenters. The van der Waals surface area contributed by atoms with Crippen molar-refractivity contribution in [2.45, 2.75) is 39.5 Å². The molecule has 0 aliphatic carbocycles. The summed E-state index contributed by atoms with van der Waals surface area (Å²) in [6, 6.07) is 4.09. The zero-order chi connectivity index (χ0) is 14.4. The molecule has 0 unspecified atom stereocenters. The minimum absolute atomic E-state index is 0.232. The van der Waals surface area contributed by atoms with Crippen LogP contribution in [0.2, 0.25) is 0 Å². The Labute approximate surface area is 126 Å². The van der Waals surface area contributed by atoms with E-state index in [9.17, 15) is 4.79 Å². The van der Waals surface area contributed by atoms with Crippen LogP contribution in [-0.2, 0) is 6.42 Å². The number of hydrogen-bond acceptors (Lipinski definition) is 3. The first-order valence-corrected chi connectivity index (χ1v) is 8.65. The van der Waals surface area contributed by atoms with Gasteiger partial charge in [-0.2, -0.15) is 0 Å². The molecule has 1 aliphatic rings. The zero-order valence-electron chi connectivity index (χ0n) is 12.7. The highest BCUT2D eigenvalue weighted by molar-refractivity contribution is 7.14. The first-order valence-electron chi connectivity index (χ1n) is 7.83. The van der Waals surface area contributed by atoms with E-state index in [4.69, 9.17) is 0 Å². The lowest BCUT2D eigenvalue weighted by Crippen LogP contribution is -2.39. The maximum atomic E-state index is 12.7. The lowest BCUT2D eigenvalue weighted by Gasteiger charge is -2.29. The maximum Gasteiger partial charge on any atom is 0.263 e. The molecular weight excluding hydrogens is 268 g/mol. The van der Waals surface area contributed by atoms with Gasteiger partial charge in [0.05, 0.1) is 4.88 Å². The van der Waals surface area contributed by atoms with E-state index in [0.717, 1.165) is 43.9 Å². The smallest absolute Gasteiger partial charge is 0.263 e. The lowest BCUT2D eigenvalue weighted by atomic mass is 9.97. The molecule has 0 aromatic carbocycles. The number of thiophene rings is 1. The van der Waals surface area contributed by atoms with Crippen LogP contribution in [0, 0.1) is 5.92 Å². The van der Waals surface area contributed by atoms with Crippen LogP contribution in [-0.4, -0.2) is 37.0 Å². The first kappa shape index (κ1) is 15.5. The second-order valence-corrected chi connectivity index (χ2v) is 6.73. The van der Waals surface area contributed by atoms with Crippen LogP contribution in [0.5, 0.6) is 0 Å². The van der Waals surface area contributed by atoms with Crippen molar-refractivity contribution < 1.29 is 4.79 Å². The number of carbonyl (C=O) groups excluding carboxylic acids is 1. The Morgan fingerprint density at radius 2 is 2.10 bits per heavy atom. The molecule has 1 amide bonds. The third-order valence-corrected chi connectivity index (χ3v) is 5.16. The molecule has 1 saturated heterocycles. The van der Waals surface area contributed by atoms with Crippen molar-refractivity contribution in [2.24, 2.45) is 5.92 Å². The van der Waals surface area contributed by atoms with Crippen LogP contribution < -0.4 is 5.32 Å². The Hall–Kier alpha value is -0.870. The van der Waals surface area contributed by atoms with Crippen molar-refractivity contribution in [3.05, 3.63) is 21.9 Å². The number of amides is 1. The fraction of sp³-hybridized carbons (Fsp3) is 0.688. The van der Waals surface area contributed by atoms with Gasteiger partial charge in [-0.3, -0.25) is 4.79 Å². The van der Waals surface area contributed by atoms with Gasteiger partial charge in [0.15, 0.2) is 0 Å². The van der Waals surface area contributed by atoms with Crippen LogP contribution in [0.1, 0.15) is 47.7 Å². The van der Waals surface area contributed by atoms with Gasteiger partial charge in [-0.1, -0.05) is 13.8 Å². The molecule has 1 aromatic heterocycles. The van der Waals surface area contributed by atoms with Crippen molar-refractivity contribution in [3.8, 4) is 0 Å². The topological polar surface area (TPSA) is 32.3 Å². The van der Waals surface area contributed by atoms with E-state index in [2.05, 4.69) is 30.1 Å². The Morgan fingerprint density at radius 3 is 2.70 bits per heavy atom. The average Bonchev–Trinajstić information content (AvgIpc) is 2.96. The minimum Gasteiger partial charge on any atom is -0.338 e. The molecule has 4 heteroatoms. The monoisotopic (exact) mass is 294 g/mol. The van der Waals surface area contributed by atoms with Gasteiger partial charge in [0, 0.05) is 18.0 Å². The normalized spacial score (nSPS) is 16.3. The van der Waals surface area contributed by atoms with Crippen molar-refractivity contribution in [1.29, 1.82) is 0 Å². The summed E-state index contributed by atoms with van der Waals surface area (Å²) in [7, 11) is 0. The maximum absolute atomic E-state index is 12.7. The van der Waals surface area contributed by atoms with E-state index in [1.54, 1.807) is 11.3 Å². The summed E-state index contributed by atoms with van der Waals surface area (Å²) in [6.07, 6.45) is 4.43. The fourth-order valence-electron chi connectivity index (χ4n) is 2.76. The SMILES string of the molecule is CCCN(CC1CCNCC1)C(=O)c1ccc(CC)s1. The van der Waals surface area contributed by atoms with Crippen LogP contribution in [0.3, 0.4) is 0 Å². The van der Waals surface area contributed by atoms with Crippen molar-refractivity contribution >= 4 is 17.2 Å². The molecule has 1 fully saturated rings. The van der Waals surface area contributed by atoms with E-state index in [1.807, 2.05) is 6.07 Å². The van der Waals surface area contributed by atoms with Gasteiger partial charge in [0.25, 0.3) is 5.91 Å². The van der Waals surface area contributed by atoms with Gasteiger partial charge in [0.2, 0.25) is 0 Å². The number of hydrogen-bond donors (Lipinski definition) is 1. The highest BCUT2D eigenvalue weighted by atomic mass is 32.1. The lowest BCUT2D eigenvalue weighted by molar-refractivity contribution is 0.0721. The number of carbonyl (C=O) groups is 1. The number of aryl methyl sites for hydroxylation is 1. The highest BCUT2D eigenvalue weighted by Crippen LogP contribution is 2.21. The van der Waals surface area contributed by atoms with Gasteiger partial charge >= 0.3 is 0 Å². The summed E-state index contributed by atoms with van der Waals surface area (Å²) in [6.45, 7) is 8.28. The molecule has 20 heavy (non-hydrogen) atoms. The van der Waals surface area contributed by atoms with Crippen molar-refractivity contribution in [1.82, 2.24) is 10.2 Å². The van der Waals surface area contributed by atoms with Gasteiger partial charge in [0.1, 0.15) is 0 Å². The summed E-state index contributed by atoms with van der Waals surface area (Å²) in [5.41, 5.74) is 0. The molecule has 0 saturated carbocycles. The Morgan fingerprint density at radius 1 is 1.35 bits per heavy atom. The molecule has 0 radical (unpaired) electrons. The summed E-state index contributed by atoms with van der Waals surface area (Å²) in [5, 5.41) is 3.39. The molecule has 2 heterocycles. The molecule has 2 rings (SSSR count). The molecule has 3 nitrogen and oxygen atoms in total. The zero-order valence-corrected chi connectivity index (χ0v) is 13.5. The van der Waals surface area contributed by atoms with Crippen molar-refractivity contribution in [3.63, 3.8) is 0 Å². The Kier molecular flexibility index (Phi) is 6.05. The average molecular weight is 294 g/mol. The van der Waals surface area contributed by atoms with Crippen LogP contribution in [0.4, 0.5) is 0 Å². The van der Waals surface area contributed by atoms with Gasteiger partial charge in [-0.25, -0.2) is 0 Å². The van der Waals surface area contributed by atoms with Crippen molar-refractivity contribution in [2.75, 3.05) is 26.2 Å². The molecule has 0 spiro atoms. The number of rotatable bonds is 6. The van der Waals surface area contributed by atoms with Crippen LogP contribution >= 0.6 is 11.3 Å². The second kappa shape index (κ2) is 7.79. The summed E-state index contributed by atoms with van der Waals surface area (Å²) in [5.74, 6) is 0.896. The molecule has 1 N–H and O–H groups in total. The summed E-state index contributed by atoms with van der Waals surface area (Å²) < 4.78 is 0. The third-order valence-electron chi connectivity index (χ3n) is 3.94. The fourth-order valence-corrected chi connectivity index (χ4v) is 3.68. The number of nitrogens with zero attached hydrogens (tertiary/aromatic N) is 1. The largest absolute Gasteiger partial charge is 0.338 e. The highest BCUT2D eigenvalue weighted by Gasteiger charge is 2.22. The van der Waals surface area contributed by atoms with Crippen LogP contribution in [0.25, 0.3) is 0 Å². The second-order valence-electron chi connectivity index (χ2n) is 5.56. The molecular formula is C16H26N2OS. The molecule has 112 valence electrons. The standard InChI is InChI=1S/C16H26N2OS/c1-3-11-18(12-13-7-9-17-10-8-13)16(19)15-6-5-14(4-2)20-15/h5-6,13,17H,3-4,7-12H2,1-2H3. The van der Waals surface area contributed by atoms with Crippen LogP contribution in [0.15, 0.2) is 12.1 Å². The molecule has 1 aliphatic heterocycles. The summed E-state index contributed by atoms with van der Waals surface area (Å²) in [4.78, 5) is 16.9.